The molecule has 1 fully saturated rings. The lowest BCUT2D eigenvalue weighted by molar-refractivity contribution is 0.361. The first-order valence-corrected chi connectivity index (χ1v) is 7.53. The number of nitrogen functional groups attached to an aromatic ring is 1. The first-order chi connectivity index (χ1) is 9.49. The third-order valence-electron chi connectivity index (χ3n) is 4.21. The number of nitrogens with two attached hydrogens (primary N) is 1. The largest absolute Gasteiger partial charge is 0.384 e. The molecule has 2 rings (SSSR count). The maximum atomic E-state index is 7.81. The highest BCUT2D eigenvalue weighted by atomic mass is 15.2. The Morgan fingerprint density at radius 2 is 2.00 bits per heavy atom. The summed E-state index contributed by atoms with van der Waals surface area (Å²) in [5.41, 5.74) is 8.56. The van der Waals surface area contributed by atoms with E-state index in [1.54, 1.807) is 0 Å². The van der Waals surface area contributed by atoms with Crippen LogP contribution in [0.3, 0.4) is 0 Å². The van der Waals surface area contributed by atoms with Crippen LogP contribution < -0.4 is 10.6 Å². The third-order valence-corrected chi connectivity index (χ3v) is 4.21. The van der Waals surface area contributed by atoms with Gasteiger partial charge in [0.05, 0.1) is 5.56 Å². The van der Waals surface area contributed by atoms with Crippen LogP contribution in [0.4, 0.5) is 5.82 Å². The lowest BCUT2D eigenvalue weighted by Gasteiger charge is -2.29. The monoisotopic (exact) mass is 274 g/mol. The predicted octanol–water partition coefficient (Wildman–Crippen LogP) is 3.00. The second-order valence-corrected chi connectivity index (χ2v) is 6.08. The Morgan fingerprint density at radius 1 is 1.35 bits per heavy atom. The molecule has 3 N–H and O–H groups in total. The van der Waals surface area contributed by atoms with Crippen molar-refractivity contribution in [3.8, 4) is 0 Å². The molecule has 1 aromatic rings. The van der Waals surface area contributed by atoms with Crippen molar-refractivity contribution in [2.75, 3.05) is 18.5 Å². The van der Waals surface area contributed by atoms with Gasteiger partial charge in [-0.3, -0.25) is 5.41 Å². The zero-order chi connectivity index (χ0) is 14.7. The standard InChI is InChI=1S/C16H26N4/c1-11-9-12(2)19-16(14(11)15(17)18)20(3)10-13-7-5-4-6-8-13/h9,13H,4-8,10H2,1-3H3,(H3,17,18). The number of hydrogen-bond acceptors (Lipinski definition) is 3. The van der Waals surface area contributed by atoms with E-state index in [9.17, 15) is 0 Å². The van der Waals surface area contributed by atoms with Gasteiger partial charge < -0.3 is 10.6 Å². The molecule has 0 bridgehead atoms. The first-order valence-electron chi connectivity index (χ1n) is 7.53. The van der Waals surface area contributed by atoms with E-state index < -0.39 is 0 Å². The highest BCUT2D eigenvalue weighted by Gasteiger charge is 2.20. The zero-order valence-electron chi connectivity index (χ0n) is 12.9. The number of nitrogens with zero attached hydrogens (tertiary/aromatic N) is 2. The quantitative estimate of drug-likeness (QED) is 0.655. The number of amidine groups is 1. The predicted molar refractivity (Wildman–Crippen MR) is 84.6 cm³/mol. The molecular formula is C16H26N4. The molecule has 1 saturated carbocycles. The summed E-state index contributed by atoms with van der Waals surface area (Å²) in [6.45, 7) is 5.01. The van der Waals surface area contributed by atoms with E-state index >= 15 is 0 Å². The average molecular weight is 274 g/mol. The van der Waals surface area contributed by atoms with Gasteiger partial charge in [-0.25, -0.2) is 4.98 Å². The van der Waals surface area contributed by atoms with Gasteiger partial charge in [-0.1, -0.05) is 19.3 Å². The molecule has 1 aliphatic carbocycles. The van der Waals surface area contributed by atoms with Crippen molar-refractivity contribution < 1.29 is 0 Å². The van der Waals surface area contributed by atoms with E-state index in [4.69, 9.17) is 11.1 Å². The minimum Gasteiger partial charge on any atom is -0.384 e. The average Bonchev–Trinajstić information content (AvgIpc) is 2.38. The summed E-state index contributed by atoms with van der Waals surface area (Å²) in [6.07, 6.45) is 6.69. The molecular weight excluding hydrogens is 248 g/mol. The summed E-state index contributed by atoms with van der Waals surface area (Å²) in [5.74, 6) is 1.72. The van der Waals surface area contributed by atoms with E-state index in [0.29, 0.717) is 0 Å². The fourth-order valence-electron chi connectivity index (χ4n) is 3.27. The second-order valence-electron chi connectivity index (χ2n) is 6.08. The molecule has 0 saturated heterocycles. The van der Waals surface area contributed by atoms with Crippen LogP contribution in [0, 0.1) is 25.2 Å². The van der Waals surface area contributed by atoms with Gasteiger partial charge in [0.15, 0.2) is 0 Å². The Labute approximate surface area is 121 Å². The van der Waals surface area contributed by atoms with Crippen LogP contribution in [0.1, 0.15) is 48.9 Å². The van der Waals surface area contributed by atoms with Crippen LogP contribution in [0.15, 0.2) is 6.07 Å². The van der Waals surface area contributed by atoms with Gasteiger partial charge in [0.25, 0.3) is 0 Å². The van der Waals surface area contributed by atoms with Gasteiger partial charge in [-0.15, -0.1) is 0 Å². The van der Waals surface area contributed by atoms with Crippen LogP contribution in [0.25, 0.3) is 0 Å². The van der Waals surface area contributed by atoms with Crippen LogP contribution >= 0.6 is 0 Å². The Hall–Kier alpha value is -1.58. The summed E-state index contributed by atoms with van der Waals surface area (Å²) < 4.78 is 0. The molecule has 0 atom stereocenters. The van der Waals surface area contributed by atoms with Gasteiger partial charge in [0.2, 0.25) is 0 Å². The molecule has 1 aromatic heterocycles. The number of aryl methyl sites for hydroxylation is 2. The van der Waals surface area contributed by atoms with Crippen molar-refractivity contribution in [1.82, 2.24) is 4.98 Å². The minimum absolute atomic E-state index is 0.112. The molecule has 20 heavy (non-hydrogen) atoms. The molecule has 0 aliphatic heterocycles. The minimum atomic E-state index is 0.112. The molecule has 0 spiro atoms. The van der Waals surface area contributed by atoms with Crippen LogP contribution in [-0.2, 0) is 0 Å². The third kappa shape index (κ3) is 3.30. The lowest BCUT2D eigenvalue weighted by Crippen LogP contribution is -2.30. The molecule has 1 aliphatic rings. The Balaban J connectivity index is 2.23. The van der Waals surface area contributed by atoms with E-state index in [1.165, 1.54) is 32.1 Å². The van der Waals surface area contributed by atoms with Gasteiger partial charge in [0, 0.05) is 19.3 Å². The van der Waals surface area contributed by atoms with Crippen molar-refractivity contribution >= 4 is 11.7 Å². The van der Waals surface area contributed by atoms with E-state index in [2.05, 4.69) is 16.9 Å². The van der Waals surface area contributed by atoms with Crippen LogP contribution in [0.2, 0.25) is 0 Å². The molecule has 0 aromatic carbocycles. The van der Waals surface area contributed by atoms with Crippen LogP contribution in [-0.4, -0.2) is 24.4 Å². The normalized spacial score (nSPS) is 16.1. The Bertz CT molecular complexity index is 489. The molecule has 0 unspecified atom stereocenters. The SMILES string of the molecule is Cc1cc(C)c(C(=N)N)c(N(C)CC2CCCCC2)n1. The Morgan fingerprint density at radius 3 is 2.60 bits per heavy atom. The second kappa shape index (κ2) is 6.25. The molecule has 4 heteroatoms. The first kappa shape index (κ1) is 14.8. The highest BCUT2D eigenvalue weighted by molar-refractivity contribution is 6.01. The number of anilines is 1. The topological polar surface area (TPSA) is 66.0 Å². The van der Waals surface area contributed by atoms with E-state index in [-0.39, 0.29) is 5.84 Å². The number of pyridine rings is 1. The van der Waals surface area contributed by atoms with Crippen molar-refractivity contribution in [1.29, 1.82) is 5.41 Å². The highest BCUT2D eigenvalue weighted by Crippen LogP contribution is 2.27. The molecule has 1 heterocycles. The summed E-state index contributed by atoms with van der Waals surface area (Å²) in [7, 11) is 2.07. The Kier molecular flexibility index (Phi) is 4.63. The van der Waals surface area contributed by atoms with Crippen molar-refractivity contribution in [3.63, 3.8) is 0 Å². The molecule has 110 valence electrons. The van der Waals surface area contributed by atoms with E-state index in [1.807, 2.05) is 19.9 Å². The maximum absolute atomic E-state index is 7.81. The summed E-state index contributed by atoms with van der Waals surface area (Å²) in [4.78, 5) is 6.81. The van der Waals surface area contributed by atoms with Crippen molar-refractivity contribution in [2.45, 2.75) is 46.0 Å². The summed E-state index contributed by atoms with van der Waals surface area (Å²) in [6, 6.07) is 1.99. The summed E-state index contributed by atoms with van der Waals surface area (Å²) in [5, 5.41) is 7.81. The number of nitrogens with one attached hydrogen (secondary N) is 1. The maximum Gasteiger partial charge on any atom is 0.139 e. The summed E-state index contributed by atoms with van der Waals surface area (Å²) >= 11 is 0. The number of hydrogen-bond donors (Lipinski definition) is 2. The van der Waals surface area contributed by atoms with Gasteiger partial charge >= 0.3 is 0 Å². The fourth-order valence-corrected chi connectivity index (χ4v) is 3.27. The molecule has 0 amide bonds. The number of aromatic nitrogens is 1. The smallest absolute Gasteiger partial charge is 0.139 e. The lowest BCUT2D eigenvalue weighted by atomic mass is 9.89. The van der Waals surface area contributed by atoms with Crippen molar-refractivity contribution in [3.05, 3.63) is 22.9 Å². The van der Waals surface area contributed by atoms with Gasteiger partial charge in [-0.05, 0) is 44.2 Å². The fraction of sp³-hybridized carbons (Fsp3) is 0.625. The van der Waals surface area contributed by atoms with Gasteiger partial charge in [0.1, 0.15) is 11.7 Å². The number of rotatable bonds is 4. The van der Waals surface area contributed by atoms with Crippen LogP contribution in [0.5, 0.6) is 0 Å². The van der Waals surface area contributed by atoms with E-state index in [0.717, 1.165) is 35.1 Å². The molecule has 4 nitrogen and oxygen atoms in total. The van der Waals surface area contributed by atoms with Crippen molar-refractivity contribution in [2.24, 2.45) is 11.7 Å². The molecule has 0 radical (unpaired) electrons. The van der Waals surface area contributed by atoms with Gasteiger partial charge in [-0.2, -0.15) is 0 Å². The zero-order valence-corrected chi connectivity index (χ0v) is 12.9.